The summed E-state index contributed by atoms with van der Waals surface area (Å²) in [4.78, 5) is 17.1. The number of nitrogens with one attached hydrogen (secondary N) is 1. The quantitative estimate of drug-likeness (QED) is 0.624. The highest BCUT2D eigenvalue weighted by atomic mass is 16.5. The summed E-state index contributed by atoms with van der Waals surface area (Å²) >= 11 is 0. The number of hydrogen-bond acceptors (Lipinski definition) is 6. The highest BCUT2D eigenvalue weighted by Gasteiger charge is 2.19. The van der Waals surface area contributed by atoms with Gasteiger partial charge in [-0.15, -0.1) is 0 Å². The fourth-order valence-electron chi connectivity index (χ4n) is 2.99. The number of methoxy groups -OCH3 is 3. The van der Waals surface area contributed by atoms with Crippen LogP contribution in [0.25, 0.3) is 22.8 Å². The number of benzene rings is 2. The number of rotatable bonds is 8. The van der Waals surface area contributed by atoms with E-state index in [4.69, 9.17) is 18.6 Å². The van der Waals surface area contributed by atoms with E-state index in [1.54, 1.807) is 51.8 Å². The topological polar surface area (TPSA) is 82.8 Å². The molecular weight excluding hydrogens is 372 g/mol. The van der Waals surface area contributed by atoms with E-state index in [-0.39, 0.29) is 11.9 Å². The lowest BCUT2D eigenvalue weighted by molar-refractivity contribution is 0.0906. The molecule has 3 rings (SSSR count). The molecule has 2 aromatic carbocycles. The third kappa shape index (κ3) is 4.57. The summed E-state index contributed by atoms with van der Waals surface area (Å²) in [5, 5.41) is 2.91. The zero-order valence-electron chi connectivity index (χ0n) is 16.9. The van der Waals surface area contributed by atoms with Gasteiger partial charge < -0.3 is 23.9 Å². The molecule has 7 nitrogen and oxygen atoms in total. The van der Waals surface area contributed by atoms with Crippen molar-refractivity contribution in [3.63, 3.8) is 0 Å². The summed E-state index contributed by atoms with van der Waals surface area (Å²) in [6.07, 6.45) is 1.61. The molecule has 0 aliphatic rings. The van der Waals surface area contributed by atoms with Crippen LogP contribution in [0, 0.1) is 0 Å². The van der Waals surface area contributed by atoms with Gasteiger partial charge in [0.15, 0.2) is 5.76 Å². The number of amides is 1. The van der Waals surface area contributed by atoms with Crippen molar-refractivity contribution in [2.24, 2.45) is 0 Å². The molecule has 1 amide bonds. The molecule has 0 bridgehead atoms. The first-order valence-electron chi connectivity index (χ1n) is 9.14. The number of oxazole rings is 1. The molecule has 0 aliphatic carbocycles. The Morgan fingerprint density at radius 3 is 2.62 bits per heavy atom. The van der Waals surface area contributed by atoms with E-state index in [1.807, 2.05) is 25.1 Å². The third-order valence-corrected chi connectivity index (χ3v) is 4.38. The van der Waals surface area contributed by atoms with Gasteiger partial charge >= 0.3 is 0 Å². The van der Waals surface area contributed by atoms with E-state index in [1.165, 1.54) is 0 Å². The highest BCUT2D eigenvalue weighted by molar-refractivity contribution is 6.00. The lowest BCUT2D eigenvalue weighted by Gasteiger charge is -2.14. The second-order valence-electron chi connectivity index (χ2n) is 6.47. The van der Waals surface area contributed by atoms with Gasteiger partial charge in [-0.25, -0.2) is 4.98 Å². The molecule has 29 heavy (non-hydrogen) atoms. The smallest absolute Gasteiger partial charge is 0.252 e. The van der Waals surface area contributed by atoms with Crippen LogP contribution in [-0.4, -0.2) is 44.9 Å². The van der Waals surface area contributed by atoms with Gasteiger partial charge in [-0.1, -0.05) is 12.1 Å². The van der Waals surface area contributed by atoms with Crippen LogP contribution in [0.3, 0.4) is 0 Å². The van der Waals surface area contributed by atoms with Crippen molar-refractivity contribution in [3.8, 4) is 34.3 Å². The van der Waals surface area contributed by atoms with Crippen LogP contribution in [0.1, 0.15) is 17.3 Å². The van der Waals surface area contributed by atoms with Gasteiger partial charge in [-0.3, -0.25) is 4.79 Å². The maximum absolute atomic E-state index is 12.7. The van der Waals surface area contributed by atoms with Crippen LogP contribution in [0.5, 0.6) is 11.5 Å². The van der Waals surface area contributed by atoms with E-state index in [9.17, 15) is 4.79 Å². The molecule has 0 radical (unpaired) electrons. The molecule has 152 valence electrons. The van der Waals surface area contributed by atoms with E-state index < -0.39 is 0 Å². The van der Waals surface area contributed by atoms with Crippen molar-refractivity contribution in [2.45, 2.75) is 13.0 Å². The Balaban J connectivity index is 1.93. The zero-order valence-corrected chi connectivity index (χ0v) is 16.9. The van der Waals surface area contributed by atoms with Gasteiger partial charge in [0, 0.05) is 24.8 Å². The van der Waals surface area contributed by atoms with Crippen LogP contribution in [0.4, 0.5) is 0 Å². The van der Waals surface area contributed by atoms with Gasteiger partial charge in [0.25, 0.3) is 5.91 Å². The van der Waals surface area contributed by atoms with E-state index in [0.29, 0.717) is 40.9 Å². The SMILES string of the molecule is COC[C@@H](C)NC(=O)c1ccccc1-c1ncc(-c2ccc(OC)cc2OC)o1. The van der Waals surface area contributed by atoms with Crippen molar-refractivity contribution in [3.05, 3.63) is 54.2 Å². The second-order valence-corrected chi connectivity index (χ2v) is 6.47. The highest BCUT2D eigenvalue weighted by Crippen LogP contribution is 2.35. The first kappa shape index (κ1) is 20.4. The molecule has 0 aliphatic heterocycles. The molecule has 0 spiro atoms. The van der Waals surface area contributed by atoms with Gasteiger partial charge in [-0.2, -0.15) is 0 Å². The summed E-state index contributed by atoms with van der Waals surface area (Å²) in [6.45, 7) is 2.30. The first-order valence-corrected chi connectivity index (χ1v) is 9.14. The fraction of sp³-hybridized carbons (Fsp3) is 0.273. The van der Waals surface area contributed by atoms with E-state index in [0.717, 1.165) is 5.56 Å². The Morgan fingerprint density at radius 1 is 1.10 bits per heavy atom. The number of nitrogens with zero attached hydrogens (tertiary/aromatic N) is 1. The fourth-order valence-corrected chi connectivity index (χ4v) is 2.99. The van der Waals surface area contributed by atoms with Crippen LogP contribution in [-0.2, 0) is 4.74 Å². The molecule has 1 heterocycles. The van der Waals surface area contributed by atoms with Crippen LogP contribution < -0.4 is 14.8 Å². The monoisotopic (exact) mass is 396 g/mol. The number of carbonyl (C=O) groups is 1. The average Bonchev–Trinajstić information content (AvgIpc) is 3.23. The molecular formula is C22H24N2O5. The Kier molecular flexibility index (Phi) is 6.51. The average molecular weight is 396 g/mol. The van der Waals surface area contributed by atoms with E-state index >= 15 is 0 Å². The number of hydrogen-bond donors (Lipinski definition) is 1. The van der Waals surface area contributed by atoms with Gasteiger partial charge in [0.1, 0.15) is 11.5 Å². The maximum Gasteiger partial charge on any atom is 0.252 e. The molecule has 1 atom stereocenters. The Morgan fingerprint density at radius 2 is 1.90 bits per heavy atom. The summed E-state index contributed by atoms with van der Waals surface area (Å²) in [6, 6.07) is 12.5. The Labute approximate surface area is 169 Å². The standard InChI is InChI=1S/C22H24N2O5/c1-14(13-26-2)24-21(25)16-7-5-6-8-17(16)22-23-12-20(29-22)18-10-9-15(27-3)11-19(18)28-4/h5-12,14H,13H2,1-4H3,(H,24,25)/t14-/m1/s1. The van der Waals surface area contributed by atoms with Crippen molar-refractivity contribution < 1.29 is 23.4 Å². The lowest BCUT2D eigenvalue weighted by Crippen LogP contribution is -2.35. The Hall–Kier alpha value is -3.32. The molecule has 0 saturated carbocycles. The molecule has 3 aromatic rings. The predicted molar refractivity (Wildman–Crippen MR) is 109 cm³/mol. The van der Waals surface area contributed by atoms with Crippen molar-refractivity contribution >= 4 is 5.91 Å². The minimum Gasteiger partial charge on any atom is -0.497 e. The molecule has 1 N–H and O–H groups in total. The minimum atomic E-state index is -0.216. The van der Waals surface area contributed by atoms with Gasteiger partial charge in [-0.05, 0) is 31.2 Å². The lowest BCUT2D eigenvalue weighted by atomic mass is 10.1. The predicted octanol–water partition coefficient (Wildman–Crippen LogP) is 3.79. The summed E-state index contributed by atoms with van der Waals surface area (Å²) in [7, 11) is 4.77. The number of ether oxygens (including phenoxy) is 3. The molecule has 0 saturated heterocycles. The van der Waals surface area contributed by atoms with Crippen LogP contribution >= 0.6 is 0 Å². The van der Waals surface area contributed by atoms with Crippen molar-refractivity contribution in [1.29, 1.82) is 0 Å². The van der Waals surface area contributed by atoms with E-state index in [2.05, 4.69) is 10.3 Å². The first-order chi connectivity index (χ1) is 14.1. The molecule has 0 unspecified atom stereocenters. The number of aromatic nitrogens is 1. The summed E-state index contributed by atoms with van der Waals surface area (Å²) in [5.41, 5.74) is 1.82. The maximum atomic E-state index is 12.7. The van der Waals surface area contributed by atoms with Crippen LogP contribution in [0.2, 0.25) is 0 Å². The summed E-state index contributed by atoms with van der Waals surface area (Å²) in [5.74, 6) is 1.95. The molecule has 1 aromatic heterocycles. The van der Waals surface area contributed by atoms with Crippen LogP contribution in [0.15, 0.2) is 53.1 Å². The second kappa shape index (κ2) is 9.25. The van der Waals surface area contributed by atoms with Crippen molar-refractivity contribution in [1.82, 2.24) is 10.3 Å². The molecule has 0 fully saturated rings. The Bertz CT molecular complexity index is 983. The third-order valence-electron chi connectivity index (χ3n) is 4.38. The van der Waals surface area contributed by atoms with Crippen molar-refractivity contribution in [2.75, 3.05) is 27.9 Å². The molecule has 7 heteroatoms. The number of carbonyl (C=O) groups excluding carboxylic acids is 1. The largest absolute Gasteiger partial charge is 0.497 e. The minimum absolute atomic E-state index is 0.121. The van der Waals surface area contributed by atoms with Gasteiger partial charge in [0.2, 0.25) is 5.89 Å². The normalized spacial score (nSPS) is 11.7. The summed E-state index contributed by atoms with van der Waals surface area (Å²) < 4.78 is 21.7. The van der Waals surface area contributed by atoms with Gasteiger partial charge in [0.05, 0.1) is 38.2 Å². The zero-order chi connectivity index (χ0) is 20.8.